The van der Waals surface area contributed by atoms with Gasteiger partial charge < -0.3 is 5.32 Å². The van der Waals surface area contributed by atoms with E-state index in [0.29, 0.717) is 16.9 Å². The molecule has 146 valence electrons. The summed E-state index contributed by atoms with van der Waals surface area (Å²) in [6.07, 6.45) is 1.85. The molecule has 8 heteroatoms. The number of H-pyrrole nitrogens is 1. The molecule has 1 heterocycles. The Morgan fingerprint density at radius 1 is 0.897 bits per heavy atom. The first-order valence-corrected chi connectivity index (χ1v) is 9.22. The second-order valence-electron chi connectivity index (χ2n) is 6.78. The predicted molar refractivity (Wildman–Crippen MR) is 107 cm³/mol. The van der Waals surface area contributed by atoms with E-state index >= 15 is 0 Å². The van der Waals surface area contributed by atoms with Gasteiger partial charge in [0.2, 0.25) is 5.91 Å². The highest BCUT2D eigenvalue weighted by Crippen LogP contribution is 2.30. The number of amides is 3. The van der Waals surface area contributed by atoms with Crippen LogP contribution in [0.4, 0.5) is 5.69 Å². The maximum absolute atomic E-state index is 12.2. The van der Waals surface area contributed by atoms with Gasteiger partial charge >= 0.3 is 0 Å². The summed E-state index contributed by atoms with van der Waals surface area (Å²) in [6, 6.07) is 17.5. The van der Waals surface area contributed by atoms with Crippen molar-refractivity contribution in [1.82, 2.24) is 21.0 Å². The van der Waals surface area contributed by atoms with Crippen molar-refractivity contribution in [3.8, 4) is 11.3 Å². The molecule has 0 atom stereocenters. The summed E-state index contributed by atoms with van der Waals surface area (Å²) in [4.78, 5) is 36.2. The van der Waals surface area contributed by atoms with Gasteiger partial charge in [0.05, 0.1) is 5.69 Å². The van der Waals surface area contributed by atoms with Crippen molar-refractivity contribution < 1.29 is 14.4 Å². The summed E-state index contributed by atoms with van der Waals surface area (Å²) < 4.78 is 0. The average molecular weight is 389 g/mol. The smallest absolute Gasteiger partial charge is 0.287 e. The van der Waals surface area contributed by atoms with Gasteiger partial charge in [0.1, 0.15) is 5.69 Å². The van der Waals surface area contributed by atoms with Crippen molar-refractivity contribution in [2.24, 2.45) is 5.92 Å². The van der Waals surface area contributed by atoms with Crippen LogP contribution in [0, 0.1) is 5.92 Å². The molecular formula is C21H19N5O3. The molecule has 1 saturated carbocycles. The third-order valence-corrected chi connectivity index (χ3v) is 4.54. The number of carbonyl (C=O) groups excluding carboxylic acids is 3. The van der Waals surface area contributed by atoms with E-state index < -0.39 is 11.8 Å². The minimum atomic E-state index is -0.513. The van der Waals surface area contributed by atoms with Crippen LogP contribution in [0.25, 0.3) is 11.3 Å². The van der Waals surface area contributed by atoms with Gasteiger partial charge in [-0.05, 0) is 43.2 Å². The van der Waals surface area contributed by atoms with Crippen molar-refractivity contribution >= 4 is 23.4 Å². The van der Waals surface area contributed by atoms with E-state index in [9.17, 15) is 14.4 Å². The zero-order chi connectivity index (χ0) is 20.2. The quantitative estimate of drug-likeness (QED) is 0.502. The average Bonchev–Trinajstić information content (AvgIpc) is 3.49. The monoisotopic (exact) mass is 389 g/mol. The molecule has 0 saturated heterocycles. The lowest BCUT2D eigenvalue weighted by atomic mass is 10.1. The normalized spacial score (nSPS) is 12.8. The molecule has 3 amide bonds. The van der Waals surface area contributed by atoms with Gasteiger partial charge in [-0.15, -0.1) is 0 Å². The molecule has 8 nitrogen and oxygen atoms in total. The highest BCUT2D eigenvalue weighted by Gasteiger charge is 2.29. The minimum absolute atomic E-state index is 0.00361. The van der Waals surface area contributed by atoms with Crippen molar-refractivity contribution in [2.45, 2.75) is 12.8 Å². The number of nitrogens with one attached hydrogen (secondary N) is 4. The van der Waals surface area contributed by atoms with Gasteiger partial charge in [-0.25, -0.2) is 0 Å². The van der Waals surface area contributed by atoms with Crippen LogP contribution in [-0.4, -0.2) is 27.9 Å². The van der Waals surface area contributed by atoms with E-state index in [-0.39, 0.29) is 17.5 Å². The van der Waals surface area contributed by atoms with Crippen LogP contribution in [0.1, 0.15) is 33.7 Å². The first-order chi connectivity index (χ1) is 14.1. The lowest BCUT2D eigenvalue weighted by Gasteiger charge is -2.08. The molecule has 0 radical (unpaired) electrons. The van der Waals surface area contributed by atoms with Crippen LogP contribution < -0.4 is 16.2 Å². The SMILES string of the molecule is O=C(NNC(=O)c1cc(-c2ccccc2)n[nH]1)c1ccc(NC(=O)C2CC2)cc1. The minimum Gasteiger partial charge on any atom is -0.326 e. The number of rotatable bonds is 5. The van der Waals surface area contributed by atoms with E-state index in [4.69, 9.17) is 0 Å². The molecule has 1 fully saturated rings. The van der Waals surface area contributed by atoms with Crippen LogP contribution in [0.5, 0.6) is 0 Å². The summed E-state index contributed by atoms with van der Waals surface area (Å²) in [7, 11) is 0. The van der Waals surface area contributed by atoms with Crippen molar-refractivity contribution in [2.75, 3.05) is 5.32 Å². The first-order valence-electron chi connectivity index (χ1n) is 9.22. The number of benzene rings is 2. The van der Waals surface area contributed by atoms with Crippen LogP contribution in [0.15, 0.2) is 60.7 Å². The van der Waals surface area contributed by atoms with Gasteiger partial charge in [0, 0.05) is 22.7 Å². The number of aromatic nitrogens is 2. The predicted octanol–water partition coefficient (Wildman–Crippen LogP) is 2.50. The van der Waals surface area contributed by atoms with Crippen LogP contribution in [-0.2, 0) is 4.79 Å². The number of nitrogens with zero attached hydrogens (tertiary/aromatic N) is 1. The molecule has 3 aromatic rings. The van der Waals surface area contributed by atoms with E-state index in [1.807, 2.05) is 30.3 Å². The number of hydrogen-bond acceptors (Lipinski definition) is 4. The number of hydrazine groups is 1. The Labute approximate surface area is 166 Å². The molecule has 0 aliphatic heterocycles. The number of anilines is 1. The number of aromatic amines is 1. The zero-order valence-corrected chi connectivity index (χ0v) is 15.4. The van der Waals surface area contributed by atoms with Crippen molar-refractivity contribution in [1.29, 1.82) is 0 Å². The highest BCUT2D eigenvalue weighted by atomic mass is 16.2. The van der Waals surface area contributed by atoms with Crippen LogP contribution in [0.3, 0.4) is 0 Å². The summed E-state index contributed by atoms with van der Waals surface area (Å²) in [6.45, 7) is 0. The maximum Gasteiger partial charge on any atom is 0.287 e. The van der Waals surface area contributed by atoms with Gasteiger partial charge in [-0.2, -0.15) is 5.10 Å². The summed E-state index contributed by atoms with van der Waals surface area (Å²) in [5.41, 5.74) is 7.43. The van der Waals surface area contributed by atoms with Gasteiger partial charge in [-0.3, -0.25) is 30.3 Å². The third-order valence-electron chi connectivity index (χ3n) is 4.54. The molecule has 0 unspecified atom stereocenters. The van der Waals surface area contributed by atoms with E-state index in [2.05, 4.69) is 26.4 Å². The molecular weight excluding hydrogens is 370 g/mol. The first kappa shape index (κ1) is 18.4. The Morgan fingerprint density at radius 2 is 1.59 bits per heavy atom. The molecule has 1 aliphatic carbocycles. The molecule has 4 N–H and O–H groups in total. The Bertz CT molecular complexity index is 1040. The fourth-order valence-electron chi connectivity index (χ4n) is 2.74. The largest absolute Gasteiger partial charge is 0.326 e. The molecule has 1 aliphatic rings. The lowest BCUT2D eigenvalue weighted by molar-refractivity contribution is -0.117. The Kier molecular flexibility index (Phi) is 5.07. The highest BCUT2D eigenvalue weighted by molar-refractivity contribution is 5.99. The lowest BCUT2D eigenvalue weighted by Crippen LogP contribution is -2.41. The second kappa shape index (κ2) is 7.97. The van der Waals surface area contributed by atoms with Crippen molar-refractivity contribution in [3.05, 3.63) is 71.9 Å². The summed E-state index contributed by atoms with van der Waals surface area (Å²) in [5, 5.41) is 9.57. The topological polar surface area (TPSA) is 116 Å². The molecule has 2 aromatic carbocycles. The Hall–Kier alpha value is -3.94. The summed E-state index contributed by atoms with van der Waals surface area (Å²) >= 11 is 0. The molecule has 4 rings (SSSR count). The Balaban J connectivity index is 1.31. The third kappa shape index (κ3) is 4.49. The second-order valence-corrected chi connectivity index (χ2v) is 6.78. The Morgan fingerprint density at radius 3 is 2.28 bits per heavy atom. The standard InChI is InChI=1S/C21H19N5O3/c27-19(14-6-7-14)22-16-10-8-15(9-11-16)20(28)25-26-21(29)18-12-17(23-24-18)13-4-2-1-3-5-13/h1-5,8-12,14H,6-7H2,(H,22,27)(H,23,24)(H,25,28)(H,26,29). The fourth-order valence-corrected chi connectivity index (χ4v) is 2.74. The fraction of sp³-hybridized carbons (Fsp3) is 0.143. The van der Waals surface area contributed by atoms with Gasteiger partial charge in [0.25, 0.3) is 11.8 Å². The maximum atomic E-state index is 12.2. The molecule has 0 bridgehead atoms. The molecule has 29 heavy (non-hydrogen) atoms. The molecule has 0 spiro atoms. The van der Waals surface area contributed by atoms with Crippen molar-refractivity contribution in [3.63, 3.8) is 0 Å². The zero-order valence-electron chi connectivity index (χ0n) is 15.4. The van der Waals surface area contributed by atoms with E-state index in [1.165, 1.54) is 0 Å². The van der Waals surface area contributed by atoms with Crippen LogP contribution >= 0.6 is 0 Å². The van der Waals surface area contributed by atoms with E-state index in [1.54, 1.807) is 30.3 Å². The van der Waals surface area contributed by atoms with E-state index in [0.717, 1.165) is 18.4 Å². The van der Waals surface area contributed by atoms with Gasteiger partial charge in [-0.1, -0.05) is 30.3 Å². The number of carbonyl (C=O) groups is 3. The van der Waals surface area contributed by atoms with Gasteiger partial charge in [0.15, 0.2) is 0 Å². The summed E-state index contributed by atoms with van der Waals surface area (Å²) in [5.74, 6) is -0.871. The molecule has 1 aromatic heterocycles. The van der Waals surface area contributed by atoms with Crippen LogP contribution in [0.2, 0.25) is 0 Å². The number of hydrogen-bond donors (Lipinski definition) is 4.